The number of rotatable bonds is 3. The van der Waals surface area contributed by atoms with Gasteiger partial charge in [-0.15, -0.1) is 0 Å². The van der Waals surface area contributed by atoms with Crippen LogP contribution in [0.15, 0.2) is 27.4 Å². The van der Waals surface area contributed by atoms with Crippen LogP contribution in [0, 0.1) is 0 Å². The summed E-state index contributed by atoms with van der Waals surface area (Å²) in [5.74, 6) is 0. The molecule has 0 saturated heterocycles. The molecule has 1 aromatic carbocycles. The molecule has 1 aromatic heterocycles. The van der Waals surface area contributed by atoms with Crippen LogP contribution in [0.3, 0.4) is 0 Å². The molecule has 0 amide bonds. The van der Waals surface area contributed by atoms with Crippen LogP contribution in [0.1, 0.15) is 18.0 Å². The fourth-order valence-electron chi connectivity index (χ4n) is 1.43. The van der Waals surface area contributed by atoms with Gasteiger partial charge in [0.2, 0.25) is 0 Å². The third kappa shape index (κ3) is 2.09. The van der Waals surface area contributed by atoms with Gasteiger partial charge in [0.05, 0.1) is 4.70 Å². The van der Waals surface area contributed by atoms with Gasteiger partial charge in [-0.1, -0.05) is 17.4 Å². The monoisotopic (exact) mass is 225 g/mol. The molecular formula is C10H11NO3S. The number of aliphatic hydroxyl groups excluding tert-OH is 1. The molecule has 0 aliphatic heterocycles. The molecule has 4 nitrogen and oxygen atoms in total. The van der Waals surface area contributed by atoms with Gasteiger partial charge in [0, 0.05) is 12.6 Å². The van der Waals surface area contributed by atoms with Crippen LogP contribution in [-0.4, -0.2) is 11.7 Å². The number of fused-ring (bicyclic) bond motifs is 1. The maximum Gasteiger partial charge on any atom is 0.396 e. The molecule has 1 heterocycles. The smallest absolute Gasteiger partial charge is 0.396 e. The van der Waals surface area contributed by atoms with Crippen LogP contribution in [0.2, 0.25) is 0 Å². The Morgan fingerprint density at radius 2 is 2.33 bits per heavy atom. The molecule has 1 atom stereocenters. The second-order valence-corrected chi connectivity index (χ2v) is 4.26. The first kappa shape index (κ1) is 10.4. The summed E-state index contributed by atoms with van der Waals surface area (Å²) in [6.45, 7) is 0.0484. The Morgan fingerprint density at radius 1 is 1.53 bits per heavy atom. The number of nitrogens with two attached hydrogens (primary N) is 1. The van der Waals surface area contributed by atoms with Gasteiger partial charge in [-0.05, 0) is 24.1 Å². The van der Waals surface area contributed by atoms with E-state index in [0.29, 0.717) is 12.0 Å². The van der Waals surface area contributed by atoms with Gasteiger partial charge in [0.15, 0.2) is 0 Å². The highest BCUT2D eigenvalue weighted by Crippen LogP contribution is 2.22. The molecule has 5 heteroatoms. The Balaban J connectivity index is 2.41. The number of benzene rings is 1. The average Bonchev–Trinajstić information content (AvgIpc) is 2.57. The van der Waals surface area contributed by atoms with Crippen LogP contribution in [0.5, 0.6) is 0 Å². The Bertz CT molecular complexity index is 517. The quantitative estimate of drug-likeness (QED) is 0.823. The lowest BCUT2D eigenvalue weighted by atomic mass is 10.1. The summed E-state index contributed by atoms with van der Waals surface area (Å²) in [6.07, 6.45) is 0.500. The maximum absolute atomic E-state index is 11.0. The van der Waals surface area contributed by atoms with Gasteiger partial charge in [-0.3, -0.25) is 0 Å². The van der Waals surface area contributed by atoms with Crippen LogP contribution >= 0.6 is 11.3 Å². The van der Waals surface area contributed by atoms with Crippen molar-refractivity contribution < 1.29 is 9.52 Å². The first-order valence-electron chi connectivity index (χ1n) is 4.61. The minimum absolute atomic E-state index is 0.0484. The molecule has 15 heavy (non-hydrogen) atoms. The van der Waals surface area contributed by atoms with Crippen molar-refractivity contribution in [3.8, 4) is 0 Å². The first-order valence-corrected chi connectivity index (χ1v) is 5.42. The first-order chi connectivity index (χ1) is 7.20. The fraction of sp³-hybridized carbons (Fsp3) is 0.300. The lowest BCUT2D eigenvalue weighted by molar-refractivity contribution is 0.276. The van der Waals surface area contributed by atoms with Gasteiger partial charge in [0.1, 0.15) is 5.58 Å². The second-order valence-electron chi connectivity index (χ2n) is 3.28. The zero-order valence-corrected chi connectivity index (χ0v) is 8.79. The minimum atomic E-state index is -0.308. The molecule has 0 spiro atoms. The fourth-order valence-corrected chi connectivity index (χ4v) is 2.07. The molecule has 2 rings (SSSR count). The van der Waals surface area contributed by atoms with Crippen molar-refractivity contribution in [1.82, 2.24) is 0 Å². The third-order valence-corrected chi connectivity index (χ3v) is 3.03. The van der Waals surface area contributed by atoms with Crippen molar-refractivity contribution in [1.29, 1.82) is 0 Å². The molecule has 2 aromatic rings. The summed E-state index contributed by atoms with van der Waals surface area (Å²) < 4.78 is 5.80. The topological polar surface area (TPSA) is 76.5 Å². The van der Waals surface area contributed by atoms with E-state index < -0.39 is 0 Å². The van der Waals surface area contributed by atoms with E-state index in [1.165, 1.54) is 0 Å². The molecule has 0 radical (unpaired) electrons. The highest BCUT2D eigenvalue weighted by Gasteiger charge is 2.08. The highest BCUT2D eigenvalue weighted by molar-refractivity contribution is 7.16. The van der Waals surface area contributed by atoms with Crippen molar-refractivity contribution in [2.24, 2.45) is 5.73 Å². The second kappa shape index (κ2) is 4.14. The molecule has 0 aliphatic rings. The molecule has 0 saturated carbocycles. The van der Waals surface area contributed by atoms with E-state index in [2.05, 4.69) is 0 Å². The van der Waals surface area contributed by atoms with Crippen LogP contribution in [-0.2, 0) is 0 Å². The maximum atomic E-state index is 11.0. The van der Waals surface area contributed by atoms with E-state index in [-0.39, 0.29) is 17.6 Å². The Labute approximate surface area is 89.9 Å². The lowest BCUT2D eigenvalue weighted by Gasteiger charge is -2.09. The van der Waals surface area contributed by atoms with Crippen LogP contribution in [0.25, 0.3) is 10.3 Å². The van der Waals surface area contributed by atoms with Gasteiger partial charge >= 0.3 is 4.94 Å². The molecule has 0 fully saturated rings. The zero-order valence-electron chi connectivity index (χ0n) is 7.97. The summed E-state index contributed by atoms with van der Waals surface area (Å²) >= 11 is 1.07. The SMILES string of the molecule is NC(CCO)c1ccc2sc(=O)oc2c1. The van der Waals surface area contributed by atoms with E-state index in [1.807, 2.05) is 12.1 Å². The zero-order chi connectivity index (χ0) is 10.8. The summed E-state index contributed by atoms with van der Waals surface area (Å²) in [4.78, 5) is 10.7. The Morgan fingerprint density at radius 3 is 3.07 bits per heavy atom. The van der Waals surface area contributed by atoms with E-state index >= 15 is 0 Å². The van der Waals surface area contributed by atoms with E-state index in [1.54, 1.807) is 6.07 Å². The predicted octanol–water partition coefficient (Wildman–Crippen LogP) is 1.24. The molecule has 0 bridgehead atoms. The summed E-state index contributed by atoms with van der Waals surface area (Å²) in [5, 5.41) is 8.76. The number of aliphatic hydroxyl groups is 1. The highest BCUT2D eigenvalue weighted by atomic mass is 32.1. The van der Waals surface area contributed by atoms with Crippen molar-refractivity contribution in [3.05, 3.63) is 33.5 Å². The standard InChI is InChI=1S/C10H11NO3S/c11-7(3-4-12)6-1-2-9-8(5-6)14-10(13)15-9/h1-2,5,7,12H,3-4,11H2. The predicted molar refractivity (Wildman–Crippen MR) is 59.0 cm³/mol. The minimum Gasteiger partial charge on any atom is -0.414 e. The van der Waals surface area contributed by atoms with E-state index in [4.69, 9.17) is 15.3 Å². The summed E-state index contributed by atoms with van der Waals surface area (Å²) in [6, 6.07) is 5.21. The van der Waals surface area contributed by atoms with Crippen LogP contribution in [0.4, 0.5) is 0 Å². The number of hydrogen-bond donors (Lipinski definition) is 2. The Kier molecular flexibility index (Phi) is 2.86. The van der Waals surface area contributed by atoms with E-state index in [9.17, 15) is 4.79 Å². The van der Waals surface area contributed by atoms with Crippen molar-refractivity contribution in [2.45, 2.75) is 12.5 Å². The van der Waals surface area contributed by atoms with E-state index in [0.717, 1.165) is 21.6 Å². The third-order valence-electron chi connectivity index (χ3n) is 2.22. The summed E-state index contributed by atoms with van der Waals surface area (Å²) in [5.41, 5.74) is 7.27. The van der Waals surface area contributed by atoms with Gasteiger partial charge in [-0.2, -0.15) is 0 Å². The molecule has 1 unspecified atom stereocenters. The Hall–Kier alpha value is -1.17. The normalized spacial score (nSPS) is 13.2. The molecule has 3 N–H and O–H groups in total. The molecule has 80 valence electrons. The van der Waals surface area contributed by atoms with Crippen molar-refractivity contribution >= 4 is 21.6 Å². The largest absolute Gasteiger partial charge is 0.414 e. The van der Waals surface area contributed by atoms with Crippen LogP contribution < -0.4 is 10.7 Å². The average molecular weight is 225 g/mol. The lowest BCUT2D eigenvalue weighted by Crippen LogP contribution is -2.11. The molecule has 0 aliphatic carbocycles. The summed E-state index contributed by atoms with van der Waals surface area (Å²) in [7, 11) is 0. The van der Waals surface area contributed by atoms with Gasteiger partial charge < -0.3 is 15.3 Å². The molecular weight excluding hydrogens is 214 g/mol. The number of hydrogen-bond acceptors (Lipinski definition) is 5. The van der Waals surface area contributed by atoms with Crippen molar-refractivity contribution in [3.63, 3.8) is 0 Å². The van der Waals surface area contributed by atoms with Crippen molar-refractivity contribution in [2.75, 3.05) is 6.61 Å². The van der Waals surface area contributed by atoms with Gasteiger partial charge in [-0.25, -0.2) is 4.79 Å². The van der Waals surface area contributed by atoms with Gasteiger partial charge in [0.25, 0.3) is 0 Å².